The topological polar surface area (TPSA) is 23.5 Å². The molecule has 0 amide bonds. The lowest BCUT2D eigenvalue weighted by Gasteiger charge is -2.19. The number of benzene rings is 1. The van der Waals surface area contributed by atoms with E-state index in [9.17, 15) is 0 Å². The van der Waals surface area contributed by atoms with Gasteiger partial charge in [-0.25, -0.2) is 0 Å². The number of nitrogens with zero attached hydrogens (tertiary/aromatic N) is 1. The quantitative estimate of drug-likeness (QED) is 0.869. The Morgan fingerprint density at radius 3 is 2.73 bits per heavy atom. The van der Waals surface area contributed by atoms with Crippen molar-refractivity contribution < 1.29 is 5.11 Å². The van der Waals surface area contributed by atoms with Crippen LogP contribution in [0.25, 0.3) is 0 Å². The Labute approximate surface area is 101 Å². The lowest BCUT2D eigenvalue weighted by Crippen LogP contribution is -2.20. The average molecular weight is 248 g/mol. The number of halogens is 2. The van der Waals surface area contributed by atoms with Crippen LogP contribution in [0.2, 0.25) is 5.02 Å². The highest BCUT2D eigenvalue weighted by Gasteiger charge is 2.22. The van der Waals surface area contributed by atoms with Crippen LogP contribution < -0.4 is 4.90 Å². The molecular weight excluding hydrogens is 233 g/mol. The van der Waals surface area contributed by atoms with Gasteiger partial charge in [-0.2, -0.15) is 0 Å². The molecule has 0 aliphatic carbocycles. The fourth-order valence-corrected chi connectivity index (χ4v) is 2.16. The summed E-state index contributed by atoms with van der Waals surface area (Å²) in [4.78, 5) is 2.24. The Kier molecular flexibility index (Phi) is 4.71. The molecule has 1 N–H and O–H groups in total. The third kappa shape index (κ3) is 2.77. The molecule has 1 unspecified atom stereocenters. The minimum atomic E-state index is 0. The van der Waals surface area contributed by atoms with E-state index in [1.54, 1.807) is 0 Å². The highest BCUT2D eigenvalue weighted by molar-refractivity contribution is 6.33. The molecule has 1 aliphatic heterocycles. The van der Waals surface area contributed by atoms with Gasteiger partial charge in [0.05, 0.1) is 10.7 Å². The van der Waals surface area contributed by atoms with Gasteiger partial charge >= 0.3 is 0 Å². The van der Waals surface area contributed by atoms with Crippen molar-refractivity contribution in [2.24, 2.45) is 5.92 Å². The molecule has 0 bridgehead atoms. The second kappa shape index (κ2) is 5.59. The first-order valence-electron chi connectivity index (χ1n) is 4.91. The van der Waals surface area contributed by atoms with Crippen molar-refractivity contribution in [3.63, 3.8) is 0 Å². The molecule has 0 saturated carbocycles. The summed E-state index contributed by atoms with van der Waals surface area (Å²) >= 11 is 6.09. The molecule has 1 aromatic rings. The number of para-hydroxylation sites is 1. The summed E-state index contributed by atoms with van der Waals surface area (Å²) in [5.74, 6) is 0.409. The van der Waals surface area contributed by atoms with Crippen molar-refractivity contribution >= 4 is 29.7 Å². The number of anilines is 1. The van der Waals surface area contributed by atoms with E-state index in [1.165, 1.54) is 0 Å². The minimum Gasteiger partial charge on any atom is -0.396 e. The van der Waals surface area contributed by atoms with Crippen molar-refractivity contribution in [1.29, 1.82) is 0 Å². The first kappa shape index (κ1) is 12.6. The van der Waals surface area contributed by atoms with Crippen LogP contribution in [0.1, 0.15) is 6.42 Å². The molecule has 2 rings (SSSR count). The third-order valence-electron chi connectivity index (χ3n) is 2.74. The van der Waals surface area contributed by atoms with Crippen molar-refractivity contribution in [1.82, 2.24) is 0 Å². The number of aliphatic hydroxyl groups is 1. The van der Waals surface area contributed by atoms with Gasteiger partial charge in [-0.3, -0.25) is 0 Å². The summed E-state index contributed by atoms with van der Waals surface area (Å²) in [6.45, 7) is 2.19. The SMILES string of the molecule is Cl.OCC1CCN(c2ccccc2Cl)C1. The molecule has 4 heteroatoms. The molecule has 0 spiro atoms. The normalized spacial score (nSPS) is 20.1. The number of aliphatic hydroxyl groups excluding tert-OH is 1. The second-order valence-corrected chi connectivity index (χ2v) is 4.14. The number of rotatable bonds is 2. The molecular formula is C11H15Cl2NO. The molecule has 84 valence electrons. The summed E-state index contributed by atoms with van der Waals surface area (Å²) in [5.41, 5.74) is 1.09. The van der Waals surface area contributed by atoms with Crippen LogP contribution in [0, 0.1) is 5.92 Å². The van der Waals surface area contributed by atoms with Crippen molar-refractivity contribution in [3.05, 3.63) is 29.3 Å². The van der Waals surface area contributed by atoms with Gasteiger partial charge in [0.1, 0.15) is 0 Å². The van der Waals surface area contributed by atoms with Crippen molar-refractivity contribution in [3.8, 4) is 0 Å². The molecule has 1 aliphatic rings. The van der Waals surface area contributed by atoms with E-state index in [1.807, 2.05) is 24.3 Å². The summed E-state index contributed by atoms with van der Waals surface area (Å²) < 4.78 is 0. The predicted octanol–water partition coefficient (Wildman–Crippen LogP) is 2.58. The standard InChI is InChI=1S/C11H14ClNO.ClH/c12-10-3-1-2-4-11(10)13-6-5-9(7-13)8-14;/h1-4,9,14H,5-8H2;1H. The molecule has 1 saturated heterocycles. The smallest absolute Gasteiger partial charge is 0.0639 e. The molecule has 1 aromatic carbocycles. The maximum atomic E-state index is 9.04. The van der Waals surface area contributed by atoms with Crippen molar-refractivity contribution in [2.75, 3.05) is 24.6 Å². The fraction of sp³-hybridized carbons (Fsp3) is 0.455. The zero-order valence-electron chi connectivity index (χ0n) is 8.40. The lowest BCUT2D eigenvalue weighted by atomic mass is 10.1. The van der Waals surface area contributed by atoms with Gasteiger partial charge in [-0.15, -0.1) is 12.4 Å². The summed E-state index contributed by atoms with van der Waals surface area (Å²) in [6.07, 6.45) is 1.06. The van der Waals surface area contributed by atoms with Gasteiger partial charge in [-0.05, 0) is 18.6 Å². The minimum absolute atomic E-state index is 0. The van der Waals surface area contributed by atoms with Gasteiger partial charge in [0, 0.05) is 25.6 Å². The highest BCUT2D eigenvalue weighted by Crippen LogP contribution is 2.29. The summed E-state index contributed by atoms with van der Waals surface area (Å²) in [7, 11) is 0. The van der Waals surface area contributed by atoms with E-state index in [4.69, 9.17) is 16.7 Å². The molecule has 1 heterocycles. The lowest BCUT2D eigenvalue weighted by molar-refractivity contribution is 0.238. The van der Waals surface area contributed by atoms with Crippen LogP contribution in [-0.4, -0.2) is 24.8 Å². The van der Waals surface area contributed by atoms with Gasteiger partial charge in [-0.1, -0.05) is 23.7 Å². The Morgan fingerprint density at radius 1 is 1.40 bits per heavy atom. The summed E-state index contributed by atoms with van der Waals surface area (Å²) in [6, 6.07) is 7.87. The van der Waals surface area contributed by atoms with Crippen LogP contribution in [0.3, 0.4) is 0 Å². The van der Waals surface area contributed by atoms with E-state index < -0.39 is 0 Å². The fourth-order valence-electron chi connectivity index (χ4n) is 1.91. The van der Waals surface area contributed by atoms with Gasteiger partial charge in [0.2, 0.25) is 0 Å². The second-order valence-electron chi connectivity index (χ2n) is 3.73. The van der Waals surface area contributed by atoms with E-state index >= 15 is 0 Å². The van der Waals surface area contributed by atoms with E-state index in [-0.39, 0.29) is 19.0 Å². The Hall–Kier alpha value is -0.440. The maximum Gasteiger partial charge on any atom is 0.0639 e. The third-order valence-corrected chi connectivity index (χ3v) is 3.06. The monoisotopic (exact) mass is 247 g/mol. The van der Waals surface area contributed by atoms with Crippen LogP contribution in [-0.2, 0) is 0 Å². The van der Waals surface area contributed by atoms with Gasteiger partial charge < -0.3 is 10.0 Å². The van der Waals surface area contributed by atoms with Gasteiger partial charge in [0.15, 0.2) is 0 Å². The first-order valence-corrected chi connectivity index (χ1v) is 5.29. The van der Waals surface area contributed by atoms with E-state index in [0.717, 1.165) is 30.2 Å². The Morgan fingerprint density at radius 2 is 2.13 bits per heavy atom. The van der Waals surface area contributed by atoms with Crippen LogP contribution in [0.4, 0.5) is 5.69 Å². The Bertz CT molecular complexity index is 319. The Balaban J connectivity index is 0.00000112. The predicted molar refractivity (Wildman–Crippen MR) is 66.1 cm³/mol. The molecule has 15 heavy (non-hydrogen) atoms. The van der Waals surface area contributed by atoms with E-state index in [2.05, 4.69) is 4.90 Å². The molecule has 1 fully saturated rings. The molecule has 2 nitrogen and oxygen atoms in total. The first-order chi connectivity index (χ1) is 6.81. The zero-order chi connectivity index (χ0) is 9.97. The molecule has 0 aromatic heterocycles. The number of hydrogen-bond donors (Lipinski definition) is 1. The zero-order valence-corrected chi connectivity index (χ0v) is 9.97. The highest BCUT2D eigenvalue weighted by atomic mass is 35.5. The number of hydrogen-bond acceptors (Lipinski definition) is 2. The van der Waals surface area contributed by atoms with E-state index in [0.29, 0.717) is 5.92 Å². The average Bonchev–Trinajstić information content (AvgIpc) is 2.67. The van der Waals surface area contributed by atoms with Gasteiger partial charge in [0.25, 0.3) is 0 Å². The van der Waals surface area contributed by atoms with Crippen LogP contribution in [0.15, 0.2) is 24.3 Å². The van der Waals surface area contributed by atoms with Crippen LogP contribution in [0.5, 0.6) is 0 Å². The summed E-state index contributed by atoms with van der Waals surface area (Å²) in [5, 5.41) is 9.84. The van der Waals surface area contributed by atoms with Crippen LogP contribution >= 0.6 is 24.0 Å². The largest absolute Gasteiger partial charge is 0.396 e. The van der Waals surface area contributed by atoms with Crippen molar-refractivity contribution in [2.45, 2.75) is 6.42 Å². The molecule has 0 radical (unpaired) electrons. The molecule has 1 atom stereocenters. The maximum absolute atomic E-state index is 9.04.